The number of carbonyl (C=O) groups is 3. The number of carbonyl (C=O) groups excluding carboxylic acids is 3. The van der Waals surface area contributed by atoms with Crippen LogP contribution in [-0.4, -0.2) is 48.4 Å². The monoisotopic (exact) mass is 296 g/mol. The Morgan fingerprint density at radius 1 is 1.33 bits per heavy atom. The van der Waals surface area contributed by atoms with Crippen LogP contribution in [0.5, 0.6) is 0 Å². The summed E-state index contributed by atoms with van der Waals surface area (Å²) in [4.78, 5) is 37.2. The molecule has 2 amide bonds. The van der Waals surface area contributed by atoms with Crippen molar-refractivity contribution in [2.45, 2.75) is 45.6 Å². The highest BCUT2D eigenvalue weighted by atomic mass is 16.5. The zero-order valence-corrected chi connectivity index (χ0v) is 12.8. The van der Waals surface area contributed by atoms with Crippen molar-refractivity contribution in [2.24, 2.45) is 11.8 Å². The Bertz CT molecular complexity index is 424. The van der Waals surface area contributed by atoms with E-state index in [1.165, 1.54) is 0 Å². The Hall–Kier alpha value is -1.59. The van der Waals surface area contributed by atoms with Gasteiger partial charge in [-0.2, -0.15) is 0 Å². The van der Waals surface area contributed by atoms with Gasteiger partial charge in [-0.1, -0.05) is 6.92 Å². The smallest absolute Gasteiger partial charge is 0.328 e. The molecule has 0 aromatic rings. The number of nitrogens with one attached hydrogen (secondary N) is 1. The second-order valence-electron chi connectivity index (χ2n) is 5.86. The molecule has 6 nitrogen and oxygen atoms in total. The summed E-state index contributed by atoms with van der Waals surface area (Å²) in [6.45, 7) is 5.06. The molecule has 1 N–H and O–H groups in total. The highest BCUT2D eigenvalue weighted by molar-refractivity contribution is 5.86. The molecule has 1 aliphatic heterocycles. The van der Waals surface area contributed by atoms with Gasteiger partial charge in [0.05, 0.1) is 6.61 Å². The van der Waals surface area contributed by atoms with Crippen LogP contribution in [0.4, 0.5) is 0 Å². The highest BCUT2D eigenvalue weighted by Gasteiger charge is 2.39. The third-order valence-electron chi connectivity index (χ3n) is 4.22. The van der Waals surface area contributed by atoms with E-state index in [9.17, 15) is 14.4 Å². The van der Waals surface area contributed by atoms with E-state index in [1.807, 2.05) is 6.92 Å². The molecule has 1 heterocycles. The molecule has 3 unspecified atom stereocenters. The van der Waals surface area contributed by atoms with E-state index in [4.69, 9.17) is 4.74 Å². The summed E-state index contributed by atoms with van der Waals surface area (Å²) < 4.78 is 5.00. The number of nitrogens with zero attached hydrogens (tertiary/aromatic N) is 1. The quantitative estimate of drug-likeness (QED) is 0.732. The van der Waals surface area contributed by atoms with Gasteiger partial charge in [-0.25, -0.2) is 4.79 Å². The lowest BCUT2D eigenvalue weighted by atomic mass is 10.2. The molecule has 1 saturated heterocycles. The molecule has 21 heavy (non-hydrogen) atoms. The van der Waals surface area contributed by atoms with Crippen molar-refractivity contribution in [1.82, 2.24) is 10.2 Å². The van der Waals surface area contributed by atoms with Crippen LogP contribution >= 0.6 is 0 Å². The molecule has 2 fully saturated rings. The predicted octanol–water partition coefficient (Wildman–Crippen LogP) is 0.703. The molecule has 0 radical (unpaired) electrons. The van der Waals surface area contributed by atoms with Gasteiger partial charge in [0.1, 0.15) is 6.04 Å². The first-order valence-electron chi connectivity index (χ1n) is 7.78. The lowest BCUT2D eigenvalue weighted by Gasteiger charge is -2.23. The number of hydrogen-bond donors (Lipinski definition) is 1. The molecule has 6 heteroatoms. The van der Waals surface area contributed by atoms with E-state index in [1.54, 1.807) is 11.8 Å². The summed E-state index contributed by atoms with van der Waals surface area (Å²) in [5.41, 5.74) is 0. The average molecular weight is 296 g/mol. The van der Waals surface area contributed by atoms with Crippen LogP contribution in [-0.2, 0) is 19.1 Å². The maximum Gasteiger partial charge on any atom is 0.328 e. The summed E-state index contributed by atoms with van der Waals surface area (Å²) >= 11 is 0. The lowest BCUT2D eigenvalue weighted by molar-refractivity contribution is -0.153. The third kappa shape index (κ3) is 3.95. The second-order valence-corrected chi connectivity index (χ2v) is 5.86. The van der Waals surface area contributed by atoms with Crippen LogP contribution in [0.3, 0.4) is 0 Å². The van der Waals surface area contributed by atoms with Crippen molar-refractivity contribution in [3.63, 3.8) is 0 Å². The van der Waals surface area contributed by atoms with Crippen molar-refractivity contribution in [2.75, 3.05) is 19.7 Å². The van der Waals surface area contributed by atoms with Crippen LogP contribution in [0.1, 0.15) is 39.5 Å². The molecule has 3 atom stereocenters. The Balaban J connectivity index is 1.74. The molecule has 1 saturated carbocycles. The largest absolute Gasteiger partial charge is 0.464 e. The summed E-state index contributed by atoms with van der Waals surface area (Å²) in [6, 6.07) is -0.448. The zero-order chi connectivity index (χ0) is 15.4. The maximum absolute atomic E-state index is 12.2. The fraction of sp³-hybridized carbons (Fsp3) is 0.800. The molecular formula is C15H24N2O4. The molecule has 2 aliphatic rings. The minimum Gasteiger partial charge on any atom is -0.464 e. The number of amides is 2. The SMILES string of the molecule is CCOC(=O)C1CCCN1C(=O)CCNC(=O)C1CC1C. The van der Waals surface area contributed by atoms with E-state index >= 15 is 0 Å². The van der Waals surface area contributed by atoms with Crippen molar-refractivity contribution < 1.29 is 19.1 Å². The molecular weight excluding hydrogens is 272 g/mol. The molecule has 0 aromatic carbocycles. The van der Waals surface area contributed by atoms with Crippen LogP contribution in [0, 0.1) is 11.8 Å². The Morgan fingerprint density at radius 3 is 2.67 bits per heavy atom. The van der Waals surface area contributed by atoms with Crippen LogP contribution in [0.2, 0.25) is 0 Å². The van der Waals surface area contributed by atoms with Crippen LogP contribution < -0.4 is 5.32 Å². The second kappa shape index (κ2) is 6.91. The maximum atomic E-state index is 12.2. The van der Waals surface area contributed by atoms with Gasteiger partial charge in [0, 0.05) is 25.4 Å². The molecule has 0 bridgehead atoms. The fourth-order valence-electron chi connectivity index (χ4n) is 2.80. The van der Waals surface area contributed by atoms with Crippen LogP contribution in [0.25, 0.3) is 0 Å². The lowest BCUT2D eigenvalue weighted by Crippen LogP contribution is -2.42. The van der Waals surface area contributed by atoms with Crippen molar-refractivity contribution in [1.29, 1.82) is 0 Å². The molecule has 118 valence electrons. The summed E-state index contributed by atoms with van der Waals surface area (Å²) in [7, 11) is 0. The van der Waals surface area contributed by atoms with Gasteiger partial charge in [-0.3, -0.25) is 9.59 Å². The third-order valence-corrected chi connectivity index (χ3v) is 4.22. The Labute approximate surface area is 125 Å². The summed E-state index contributed by atoms with van der Waals surface area (Å²) in [6.07, 6.45) is 2.66. The first kappa shape index (κ1) is 15.8. The summed E-state index contributed by atoms with van der Waals surface area (Å²) in [5.74, 6) is 0.221. The van der Waals surface area contributed by atoms with Gasteiger partial charge in [-0.05, 0) is 32.1 Å². The predicted molar refractivity (Wildman–Crippen MR) is 76.3 cm³/mol. The van der Waals surface area contributed by atoms with Gasteiger partial charge >= 0.3 is 5.97 Å². The number of ether oxygens (including phenoxy) is 1. The normalized spacial score (nSPS) is 27.3. The van der Waals surface area contributed by atoms with Gasteiger partial charge in [0.25, 0.3) is 0 Å². The molecule has 1 aliphatic carbocycles. The molecule has 0 spiro atoms. The minimum atomic E-state index is -0.448. The van der Waals surface area contributed by atoms with E-state index in [2.05, 4.69) is 5.32 Å². The van der Waals surface area contributed by atoms with Crippen molar-refractivity contribution in [3.8, 4) is 0 Å². The van der Waals surface area contributed by atoms with Gasteiger partial charge < -0.3 is 15.0 Å². The topological polar surface area (TPSA) is 75.7 Å². The average Bonchev–Trinajstić information content (AvgIpc) is 3.00. The fourth-order valence-corrected chi connectivity index (χ4v) is 2.80. The Kier molecular flexibility index (Phi) is 5.20. The first-order chi connectivity index (χ1) is 10.0. The number of likely N-dealkylation sites (tertiary alicyclic amines) is 1. The van der Waals surface area contributed by atoms with E-state index < -0.39 is 6.04 Å². The summed E-state index contributed by atoms with van der Waals surface area (Å²) in [5, 5.41) is 2.80. The molecule has 2 rings (SSSR count). The van der Waals surface area contributed by atoms with Gasteiger partial charge in [-0.15, -0.1) is 0 Å². The van der Waals surface area contributed by atoms with Crippen molar-refractivity contribution >= 4 is 17.8 Å². The molecule has 0 aromatic heterocycles. The number of rotatable bonds is 6. The van der Waals surface area contributed by atoms with E-state index in [0.717, 1.165) is 12.8 Å². The Morgan fingerprint density at radius 2 is 2.05 bits per heavy atom. The zero-order valence-electron chi connectivity index (χ0n) is 12.8. The van der Waals surface area contributed by atoms with E-state index in [0.29, 0.717) is 32.0 Å². The van der Waals surface area contributed by atoms with Gasteiger partial charge in [0.15, 0.2) is 0 Å². The highest BCUT2D eigenvalue weighted by Crippen LogP contribution is 2.37. The minimum absolute atomic E-state index is 0.0404. The number of esters is 1. The van der Waals surface area contributed by atoms with Crippen LogP contribution in [0.15, 0.2) is 0 Å². The number of hydrogen-bond acceptors (Lipinski definition) is 4. The van der Waals surface area contributed by atoms with E-state index in [-0.39, 0.29) is 30.1 Å². The van der Waals surface area contributed by atoms with Gasteiger partial charge in [0.2, 0.25) is 11.8 Å². The van der Waals surface area contributed by atoms with Crippen molar-refractivity contribution in [3.05, 3.63) is 0 Å². The standard InChI is InChI=1S/C15H24N2O4/c1-3-21-15(20)12-5-4-8-17(12)13(18)6-7-16-14(19)11-9-10(11)2/h10-12H,3-9H2,1-2H3,(H,16,19). The first-order valence-corrected chi connectivity index (χ1v) is 7.78.